The van der Waals surface area contributed by atoms with Crippen LogP contribution in [0.3, 0.4) is 0 Å². The quantitative estimate of drug-likeness (QED) is 0.590. The Kier molecular flexibility index (Phi) is 7.31. The maximum absolute atomic E-state index is 13.9. The average molecular weight is 394 g/mol. The first-order valence-electron chi connectivity index (χ1n) is 7.79. The third kappa shape index (κ3) is 8.09. The molecule has 2 atom stereocenters. The highest BCUT2D eigenvalue weighted by Crippen LogP contribution is 2.25. The van der Waals surface area contributed by atoms with Crippen LogP contribution in [0, 0.1) is 11.2 Å². The molecule has 1 N–H and O–H groups in total. The zero-order valence-electron chi connectivity index (χ0n) is 15.4. The van der Waals surface area contributed by atoms with Crippen LogP contribution in [0.4, 0.5) is 10.2 Å². The molecule has 0 aliphatic carbocycles. The first-order chi connectivity index (χ1) is 11.3. The van der Waals surface area contributed by atoms with Gasteiger partial charge < -0.3 is 10.1 Å². The van der Waals surface area contributed by atoms with E-state index >= 15 is 0 Å². The van der Waals surface area contributed by atoms with Crippen molar-refractivity contribution in [2.24, 2.45) is 5.41 Å². The molecule has 0 bridgehead atoms. The standard InChI is InChI=1S/C16H25ClFN3O3S/c1-15(2,3)11(20-13-10(18)7-19-14(17)21-13)8-25(23)9-12(22)24-16(4,5)6/h7,11H,8-9H2,1-6H3,(H,19,20,21)/t11?,25-/m0/s1. The van der Waals surface area contributed by atoms with Crippen molar-refractivity contribution in [3.05, 3.63) is 17.3 Å². The van der Waals surface area contributed by atoms with Crippen molar-refractivity contribution in [3.63, 3.8) is 0 Å². The molecule has 142 valence electrons. The fourth-order valence-corrected chi connectivity index (χ4v) is 3.40. The third-order valence-electron chi connectivity index (χ3n) is 3.12. The molecule has 9 heteroatoms. The van der Waals surface area contributed by atoms with Crippen LogP contribution in [0.5, 0.6) is 0 Å². The minimum atomic E-state index is -1.48. The number of nitrogens with one attached hydrogen (secondary N) is 1. The second-order valence-corrected chi connectivity index (χ2v) is 9.58. The molecule has 1 unspecified atom stereocenters. The van der Waals surface area contributed by atoms with E-state index in [1.165, 1.54) is 0 Å². The Hall–Kier alpha value is -1.28. The number of hydrogen-bond acceptors (Lipinski definition) is 6. The van der Waals surface area contributed by atoms with Crippen LogP contribution < -0.4 is 5.32 Å². The lowest BCUT2D eigenvalue weighted by atomic mass is 9.88. The summed E-state index contributed by atoms with van der Waals surface area (Å²) in [6.07, 6.45) is 0.967. The Morgan fingerprint density at radius 1 is 1.36 bits per heavy atom. The van der Waals surface area contributed by atoms with Gasteiger partial charge in [-0.2, -0.15) is 4.98 Å². The lowest BCUT2D eigenvalue weighted by molar-refractivity contribution is -0.151. The molecule has 1 aromatic rings. The molecule has 0 aliphatic rings. The Labute approximate surface area is 155 Å². The molecular weight excluding hydrogens is 369 g/mol. The largest absolute Gasteiger partial charge is 0.459 e. The molecule has 1 rings (SSSR count). The van der Waals surface area contributed by atoms with Gasteiger partial charge in [-0.25, -0.2) is 9.37 Å². The van der Waals surface area contributed by atoms with Gasteiger partial charge in [-0.3, -0.25) is 9.00 Å². The fourth-order valence-electron chi connectivity index (χ4n) is 1.87. The van der Waals surface area contributed by atoms with E-state index in [9.17, 15) is 13.4 Å². The molecule has 0 saturated carbocycles. The lowest BCUT2D eigenvalue weighted by Gasteiger charge is -2.31. The maximum atomic E-state index is 13.9. The Balaban J connectivity index is 2.82. The topological polar surface area (TPSA) is 81.2 Å². The van der Waals surface area contributed by atoms with Crippen molar-refractivity contribution in [3.8, 4) is 0 Å². The number of carbonyl (C=O) groups excluding carboxylic acids is 1. The molecule has 0 amide bonds. The van der Waals surface area contributed by atoms with Gasteiger partial charge in [0, 0.05) is 22.6 Å². The highest BCUT2D eigenvalue weighted by Gasteiger charge is 2.29. The Bertz CT molecular complexity index is 644. The van der Waals surface area contributed by atoms with Crippen LogP contribution in [0.2, 0.25) is 5.28 Å². The van der Waals surface area contributed by atoms with Crippen molar-refractivity contribution in [1.29, 1.82) is 0 Å². The molecule has 1 heterocycles. The van der Waals surface area contributed by atoms with Crippen LogP contribution in [0.15, 0.2) is 6.20 Å². The second-order valence-electron chi connectivity index (χ2n) is 7.74. The Morgan fingerprint density at radius 2 is 1.96 bits per heavy atom. The van der Waals surface area contributed by atoms with E-state index in [0.717, 1.165) is 6.20 Å². The van der Waals surface area contributed by atoms with Gasteiger partial charge in [0.25, 0.3) is 0 Å². The monoisotopic (exact) mass is 393 g/mol. The number of rotatable bonds is 6. The van der Waals surface area contributed by atoms with E-state index in [1.807, 2.05) is 20.8 Å². The summed E-state index contributed by atoms with van der Waals surface area (Å²) in [6.45, 7) is 11.0. The van der Waals surface area contributed by atoms with Crippen molar-refractivity contribution < 1.29 is 18.1 Å². The summed E-state index contributed by atoms with van der Waals surface area (Å²) in [6, 6.07) is -0.406. The summed E-state index contributed by atoms with van der Waals surface area (Å²) >= 11 is 5.70. The molecule has 0 fully saturated rings. The molecule has 0 spiro atoms. The summed E-state index contributed by atoms with van der Waals surface area (Å²) in [5, 5.41) is 2.83. The summed E-state index contributed by atoms with van der Waals surface area (Å²) < 4.78 is 31.4. The highest BCUT2D eigenvalue weighted by molar-refractivity contribution is 7.85. The van der Waals surface area contributed by atoms with Crippen LogP contribution in [0.25, 0.3) is 0 Å². The summed E-state index contributed by atoms with van der Waals surface area (Å²) in [7, 11) is -1.48. The first-order valence-corrected chi connectivity index (χ1v) is 9.66. The third-order valence-corrected chi connectivity index (χ3v) is 4.57. The zero-order chi connectivity index (χ0) is 19.4. The molecule has 25 heavy (non-hydrogen) atoms. The van der Waals surface area contributed by atoms with Crippen LogP contribution in [-0.2, 0) is 20.3 Å². The predicted molar refractivity (Wildman–Crippen MR) is 97.6 cm³/mol. The van der Waals surface area contributed by atoms with E-state index in [-0.39, 0.29) is 28.0 Å². The van der Waals surface area contributed by atoms with Crippen molar-refractivity contribution in [2.75, 3.05) is 16.8 Å². The fraction of sp³-hybridized carbons (Fsp3) is 0.688. The smallest absolute Gasteiger partial charge is 0.319 e. The van der Waals surface area contributed by atoms with E-state index in [4.69, 9.17) is 16.3 Å². The molecule has 0 saturated heterocycles. The summed E-state index contributed by atoms with van der Waals surface area (Å²) in [5.74, 6) is -1.34. The molecule has 0 aromatic carbocycles. The lowest BCUT2D eigenvalue weighted by Crippen LogP contribution is -2.40. The van der Waals surface area contributed by atoms with Gasteiger partial charge in [-0.15, -0.1) is 0 Å². The van der Waals surface area contributed by atoms with Crippen LogP contribution in [-0.4, -0.2) is 43.3 Å². The summed E-state index contributed by atoms with van der Waals surface area (Å²) in [4.78, 5) is 19.2. The Morgan fingerprint density at radius 3 is 2.48 bits per heavy atom. The average Bonchev–Trinajstić information content (AvgIpc) is 2.38. The summed E-state index contributed by atoms with van der Waals surface area (Å²) in [5.41, 5.74) is -1.00. The van der Waals surface area contributed by atoms with Crippen LogP contribution in [0.1, 0.15) is 41.5 Å². The van der Waals surface area contributed by atoms with Gasteiger partial charge in [0.05, 0.1) is 6.20 Å². The van der Waals surface area contributed by atoms with Gasteiger partial charge in [0.2, 0.25) is 5.28 Å². The SMILES string of the molecule is CC(C)(C)OC(=O)C[S@@](=O)CC(Nc1nc(Cl)ncc1F)C(C)(C)C. The minimum absolute atomic E-state index is 0.0609. The number of nitrogens with zero attached hydrogens (tertiary/aromatic N) is 2. The van der Waals surface area contributed by atoms with Crippen molar-refractivity contribution in [2.45, 2.75) is 53.2 Å². The number of esters is 1. The number of hydrogen-bond donors (Lipinski definition) is 1. The first kappa shape index (κ1) is 21.8. The van der Waals surface area contributed by atoms with Crippen molar-refractivity contribution >= 4 is 34.2 Å². The maximum Gasteiger partial charge on any atom is 0.319 e. The number of carbonyl (C=O) groups is 1. The van der Waals surface area contributed by atoms with E-state index in [2.05, 4.69) is 15.3 Å². The second kappa shape index (κ2) is 8.40. The molecular formula is C16H25ClFN3O3S. The molecule has 0 aliphatic heterocycles. The normalized spacial score (nSPS) is 14.7. The molecule has 1 aromatic heterocycles. The molecule has 0 radical (unpaired) electrons. The van der Waals surface area contributed by atoms with Gasteiger partial charge in [0.1, 0.15) is 11.4 Å². The van der Waals surface area contributed by atoms with Crippen LogP contribution >= 0.6 is 11.6 Å². The minimum Gasteiger partial charge on any atom is -0.459 e. The predicted octanol–water partition coefficient (Wildman–Crippen LogP) is 3.19. The molecule has 6 nitrogen and oxygen atoms in total. The van der Waals surface area contributed by atoms with Gasteiger partial charge in [-0.1, -0.05) is 20.8 Å². The van der Waals surface area contributed by atoms with Crippen molar-refractivity contribution in [1.82, 2.24) is 9.97 Å². The number of anilines is 1. The van der Waals surface area contributed by atoms with Gasteiger partial charge in [-0.05, 0) is 37.8 Å². The number of halogens is 2. The van der Waals surface area contributed by atoms with E-state index < -0.39 is 34.2 Å². The highest BCUT2D eigenvalue weighted by atomic mass is 35.5. The van der Waals surface area contributed by atoms with E-state index in [1.54, 1.807) is 20.8 Å². The van der Waals surface area contributed by atoms with Gasteiger partial charge >= 0.3 is 5.97 Å². The van der Waals surface area contributed by atoms with E-state index in [0.29, 0.717) is 0 Å². The van der Waals surface area contributed by atoms with Gasteiger partial charge in [0.15, 0.2) is 11.6 Å². The number of aromatic nitrogens is 2. The number of ether oxygens (including phenoxy) is 1. The zero-order valence-corrected chi connectivity index (χ0v) is 16.9.